The van der Waals surface area contributed by atoms with E-state index in [0.717, 1.165) is 44.5 Å². The van der Waals surface area contributed by atoms with Crippen molar-refractivity contribution in [3.05, 3.63) is 152 Å². The zero-order chi connectivity index (χ0) is 31.8. The van der Waals surface area contributed by atoms with Gasteiger partial charge in [-0.3, -0.25) is 4.40 Å². The lowest BCUT2D eigenvalue weighted by molar-refractivity contribution is 1.16. The normalized spacial score (nSPS) is 12.5. The van der Waals surface area contributed by atoms with Gasteiger partial charge in [-0.15, -0.1) is 0 Å². The monoisotopic (exact) mass is 623 g/mol. The molecule has 0 aliphatic rings. The molecule has 0 amide bonds. The summed E-state index contributed by atoms with van der Waals surface area (Å²) in [5.41, 5.74) is 13.0. The van der Waals surface area contributed by atoms with Crippen molar-refractivity contribution in [3.8, 4) is 11.4 Å². The van der Waals surface area contributed by atoms with E-state index in [0.29, 0.717) is 0 Å². The highest BCUT2D eigenvalue weighted by Crippen LogP contribution is 2.45. The van der Waals surface area contributed by atoms with E-state index in [4.69, 9.17) is 9.97 Å². The van der Waals surface area contributed by atoms with Gasteiger partial charge in [0.2, 0.25) is 0 Å². The molecular formula is C44H25N5. The molecule has 0 saturated carbocycles. The zero-order valence-corrected chi connectivity index (χ0v) is 26.2. The van der Waals surface area contributed by atoms with Crippen molar-refractivity contribution >= 4 is 93.0 Å². The standard InChI is InChI=1S/C44H25N5/c1-2-11-26(12-3-1)47-36-19-8-4-13-28(36)30-22-21-27(25-39(30)47)48-37-20-9-5-14-29(37)31-23-24-38-40(43(31)48)32-15-10-16-33-41-44(49(38)42(32)33)46-35-18-7-6-17-34(35)45-41/h1-25H. The van der Waals surface area contributed by atoms with Crippen LogP contribution in [0, 0.1) is 0 Å². The van der Waals surface area contributed by atoms with E-state index in [-0.39, 0.29) is 0 Å². The summed E-state index contributed by atoms with van der Waals surface area (Å²) in [7, 11) is 0. The lowest BCUT2D eigenvalue weighted by atomic mass is 10.1. The molecule has 0 atom stereocenters. The number of fused-ring (bicyclic) bond motifs is 14. The second-order valence-corrected chi connectivity index (χ2v) is 13.0. The van der Waals surface area contributed by atoms with Gasteiger partial charge in [0.1, 0.15) is 5.52 Å². The van der Waals surface area contributed by atoms with Crippen LogP contribution < -0.4 is 0 Å². The van der Waals surface area contributed by atoms with Crippen molar-refractivity contribution in [2.45, 2.75) is 0 Å². The molecule has 49 heavy (non-hydrogen) atoms. The Morgan fingerprint density at radius 3 is 1.84 bits per heavy atom. The number of hydrogen-bond acceptors (Lipinski definition) is 2. The predicted molar refractivity (Wildman–Crippen MR) is 203 cm³/mol. The molecule has 0 radical (unpaired) electrons. The van der Waals surface area contributed by atoms with Crippen molar-refractivity contribution in [2.75, 3.05) is 0 Å². The lowest BCUT2D eigenvalue weighted by Crippen LogP contribution is -1.97. The molecule has 0 saturated heterocycles. The Kier molecular flexibility index (Phi) is 4.66. The molecule has 5 aromatic heterocycles. The summed E-state index contributed by atoms with van der Waals surface area (Å²) in [6, 6.07) is 54.5. The Morgan fingerprint density at radius 2 is 1.00 bits per heavy atom. The number of nitrogens with zero attached hydrogens (tertiary/aromatic N) is 5. The predicted octanol–water partition coefficient (Wildman–Crippen LogP) is 11.0. The summed E-state index contributed by atoms with van der Waals surface area (Å²) in [5, 5.41) is 8.55. The molecule has 0 N–H and O–H groups in total. The van der Waals surface area contributed by atoms with Crippen LogP contribution in [-0.4, -0.2) is 23.5 Å². The fourth-order valence-corrected chi connectivity index (χ4v) is 8.57. The maximum absolute atomic E-state index is 5.21. The summed E-state index contributed by atoms with van der Waals surface area (Å²) in [6.07, 6.45) is 0. The van der Waals surface area contributed by atoms with Gasteiger partial charge in [-0.1, -0.05) is 97.1 Å². The van der Waals surface area contributed by atoms with Gasteiger partial charge in [0.05, 0.1) is 44.1 Å². The van der Waals surface area contributed by atoms with Crippen molar-refractivity contribution in [2.24, 2.45) is 0 Å². The molecule has 0 unspecified atom stereocenters. The highest BCUT2D eigenvalue weighted by atomic mass is 15.0. The number of rotatable bonds is 2. The first-order valence-corrected chi connectivity index (χ1v) is 16.7. The van der Waals surface area contributed by atoms with Crippen molar-refractivity contribution in [1.29, 1.82) is 0 Å². The Bertz CT molecular complexity index is 3330. The lowest BCUT2D eigenvalue weighted by Gasteiger charge is -2.12. The van der Waals surface area contributed by atoms with Crippen molar-refractivity contribution < 1.29 is 0 Å². The van der Waals surface area contributed by atoms with Crippen LogP contribution in [0.2, 0.25) is 0 Å². The van der Waals surface area contributed by atoms with E-state index in [2.05, 4.69) is 147 Å². The van der Waals surface area contributed by atoms with Crippen molar-refractivity contribution in [3.63, 3.8) is 0 Å². The number of benzene rings is 7. The first kappa shape index (κ1) is 25.4. The minimum absolute atomic E-state index is 0.899. The molecule has 0 aliphatic carbocycles. The van der Waals surface area contributed by atoms with Crippen LogP contribution in [-0.2, 0) is 0 Å². The van der Waals surface area contributed by atoms with Gasteiger partial charge in [0.15, 0.2) is 5.65 Å². The zero-order valence-electron chi connectivity index (χ0n) is 26.2. The molecule has 12 rings (SSSR count). The maximum Gasteiger partial charge on any atom is 0.165 e. The minimum Gasteiger partial charge on any atom is -0.309 e. The molecule has 0 aliphatic heterocycles. The molecule has 5 nitrogen and oxygen atoms in total. The molecule has 0 spiro atoms. The van der Waals surface area contributed by atoms with E-state index in [1.807, 2.05) is 18.2 Å². The summed E-state index contributed by atoms with van der Waals surface area (Å²) < 4.78 is 7.21. The molecule has 0 fully saturated rings. The summed E-state index contributed by atoms with van der Waals surface area (Å²) >= 11 is 0. The largest absolute Gasteiger partial charge is 0.309 e. The fourth-order valence-electron chi connectivity index (χ4n) is 8.57. The first-order valence-electron chi connectivity index (χ1n) is 16.7. The highest BCUT2D eigenvalue weighted by molar-refractivity contribution is 6.30. The quantitative estimate of drug-likeness (QED) is 0.192. The van der Waals surface area contributed by atoms with Gasteiger partial charge in [0.25, 0.3) is 0 Å². The summed E-state index contributed by atoms with van der Waals surface area (Å²) in [5.74, 6) is 0. The van der Waals surface area contributed by atoms with Crippen LogP contribution in [0.15, 0.2) is 152 Å². The molecule has 0 bridgehead atoms. The van der Waals surface area contributed by atoms with Crippen molar-refractivity contribution in [1.82, 2.24) is 23.5 Å². The molecule has 12 aromatic rings. The van der Waals surface area contributed by atoms with E-state index in [1.165, 1.54) is 59.9 Å². The van der Waals surface area contributed by atoms with E-state index < -0.39 is 0 Å². The van der Waals surface area contributed by atoms with E-state index in [9.17, 15) is 0 Å². The van der Waals surface area contributed by atoms with Gasteiger partial charge < -0.3 is 9.13 Å². The Morgan fingerprint density at radius 1 is 0.367 bits per heavy atom. The third kappa shape index (κ3) is 3.15. The van der Waals surface area contributed by atoms with E-state index >= 15 is 0 Å². The average Bonchev–Trinajstić information content (AvgIpc) is 3.88. The summed E-state index contributed by atoms with van der Waals surface area (Å²) in [6.45, 7) is 0. The molecule has 5 heteroatoms. The minimum atomic E-state index is 0.899. The van der Waals surface area contributed by atoms with Crippen LogP contribution in [0.3, 0.4) is 0 Å². The number of aromatic nitrogens is 5. The SMILES string of the molecule is c1ccc(-n2c3ccccc3c3ccc(-n4c5ccccc5c5ccc6c(c7cccc8c9nc%10ccccc%10nc9n6c87)c54)cc32)cc1. The second kappa shape index (κ2) is 9.00. The molecular weight excluding hydrogens is 599 g/mol. The van der Waals surface area contributed by atoms with Crippen LogP contribution in [0.1, 0.15) is 0 Å². The summed E-state index contributed by atoms with van der Waals surface area (Å²) in [4.78, 5) is 10.3. The van der Waals surface area contributed by atoms with Crippen LogP contribution in [0.4, 0.5) is 0 Å². The van der Waals surface area contributed by atoms with Gasteiger partial charge in [-0.2, -0.15) is 0 Å². The first-order chi connectivity index (χ1) is 24.3. The second-order valence-electron chi connectivity index (χ2n) is 13.0. The Hall–Kier alpha value is -6.72. The number of para-hydroxylation sites is 6. The van der Waals surface area contributed by atoms with Crippen LogP contribution in [0.25, 0.3) is 104 Å². The van der Waals surface area contributed by atoms with Gasteiger partial charge in [-0.05, 0) is 54.6 Å². The Labute approximate surface area is 278 Å². The molecule has 226 valence electrons. The Balaban J connectivity index is 1.26. The highest BCUT2D eigenvalue weighted by Gasteiger charge is 2.24. The van der Waals surface area contributed by atoms with Crippen LogP contribution >= 0.6 is 0 Å². The molecule has 5 heterocycles. The number of hydrogen-bond donors (Lipinski definition) is 0. The van der Waals surface area contributed by atoms with Gasteiger partial charge >= 0.3 is 0 Å². The van der Waals surface area contributed by atoms with Gasteiger partial charge in [-0.25, -0.2) is 9.97 Å². The third-order valence-corrected chi connectivity index (χ3v) is 10.5. The fraction of sp³-hybridized carbons (Fsp3) is 0. The van der Waals surface area contributed by atoms with E-state index in [1.54, 1.807) is 0 Å². The smallest absolute Gasteiger partial charge is 0.165 e. The van der Waals surface area contributed by atoms with Gasteiger partial charge in [0, 0.05) is 49.1 Å². The average molecular weight is 624 g/mol. The maximum atomic E-state index is 5.21. The third-order valence-electron chi connectivity index (χ3n) is 10.5. The van der Waals surface area contributed by atoms with Crippen LogP contribution in [0.5, 0.6) is 0 Å². The topological polar surface area (TPSA) is 40.0 Å². The molecule has 7 aromatic carbocycles.